The van der Waals surface area contributed by atoms with Gasteiger partial charge in [0.1, 0.15) is 0 Å². The Balaban J connectivity index is 1.26. The van der Waals surface area contributed by atoms with Crippen LogP contribution in [0.15, 0.2) is 194 Å². The standard InChI is InChI=1S/C55H43N5/c1-55(2,3)43-28-30-49-47(34-43)48-35-44(56)29-31-50(48)60(49)51-45(38-18-10-5-11-19-38)32-42(33-46(51)39-20-12-6-13-21-39)54-58-52(40-22-14-7-15-23-40)57-53(59-54)41-26-24-37(25-27-41)36-16-8-4-9-17-36/h4-35H,56H2,1-3H3. The summed E-state index contributed by atoms with van der Waals surface area (Å²) in [6.45, 7) is 6.78. The minimum atomic E-state index is -0.0269. The quantitative estimate of drug-likeness (QED) is 0.164. The lowest BCUT2D eigenvalue weighted by atomic mass is 9.86. The third-order valence-corrected chi connectivity index (χ3v) is 11.3. The number of aromatic nitrogens is 4. The SMILES string of the molecule is CC(C)(C)c1ccc2c(c1)c1cc(N)ccc1n2-c1c(-c2ccccc2)cc(-c2nc(-c3ccccc3)nc(-c3ccc(-c4ccccc4)cc3)n2)cc1-c1ccccc1. The van der Waals surface area contributed by atoms with Gasteiger partial charge in [-0.1, -0.05) is 172 Å². The van der Waals surface area contributed by atoms with Crippen LogP contribution in [0.25, 0.3) is 95.0 Å². The van der Waals surface area contributed by atoms with E-state index < -0.39 is 0 Å². The van der Waals surface area contributed by atoms with Gasteiger partial charge >= 0.3 is 0 Å². The Bertz CT molecular complexity index is 3090. The van der Waals surface area contributed by atoms with Gasteiger partial charge in [-0.2, -0.15) is 0 Å². The van der Waals surface area contributed by atoms with Crippen molar-refractivity contribution >= 4 is 27.5 Å². The lowest BCUT2D eigenvalue weighted by Crippen LogP contribution is -2.10. The zero-order valence-corrected chi connectivity index (χ0v) is 33.8. The van der Waals surface area contributed by atoms with Gasteiger partial charge in [0.05, 0.1) is 16.7 Å². The molecule has 0 unspecified atom stereocenters. The van der Waals surface area contributed by atoms with E-state index >= 15 is 0 Å². The average molecular weight is 774 g/mol. The smallest absolute Gasteiger partial charge is 0.164 e. The van der Waals surface area contributed by atoms with Crippen LogP contribution in [0.5, 0.6) is 0 Å². The number of nitrogens with zero attached hydrogens (tertiary/aromatic N) is 4. The number of benzene rings is 8. The van der Waals surface area contributed by atoms with Crippen LogP contribution in [-0.4, -0.2) is 19.5 Å². The third-order valence-electron chi connectivity index (χ3n) is 11.3. The summed E-state index contributed by atoms with van der Waals surface area (Å²) in [7, 11) is 0. The Morgan fingerprint density at radius 1 is 0.383 bits per heavy atom. The van der Waals surface area contributed by atoms with E-state index in [-0.39, 0.29) is 5.41 Å². The minimum absolute atomic E-state index is 0.0269. The van der Waals surface area contributed by atoms with E-state index in [0.29, 0.717) is 17.5 Å². The summed E-state index contributed by atoms with van der Waals surface area (Å²) in [6, 6.07) is 68.0. The van der Waals surface area contributed by atoms with Crippen LogP contribution >= 0.6 is 0 Å². The van der Waals surface area contributed by atoms with E-state index in [1.165, 1.54) is 10.9 Å². The van der Waals surface area contributed by atoms with Crippen LogP contribution in [0.4, 0.5) is 5.69 Å². The maximum atomic E-state index is 6.53. The van der Waals surface area contributed by atoms with E-state index in [1.807, 2.05) is 30.3 Å². The minimum Gasteiger partial charge on any atom is -0.399 e. The number of rotatable bonds is 7. The second-order valence-electron chi connectivity index (χ2n) is 16.4. The molecule has 0 atom stereocenters. The average Bonchev–Trinajstić information content (AvgIpc) is 3.61. The lowest BCUT2D eigenvalue weighted by Gasteiger charge is -2.22. The highest BCUT2D eigenvalue weighted by Gasteiger charge is 2.24. The second-order valence-corrected chi connectivity index (χ2v) is 16.4. The van der Waals surface area contributed by atoms with Crippen molar-refractivity contribution < 1.29 is 0 Å². The van der Waals surface area contributed by atoms with E-state index in [4.69, 9.17) is 20.7 Å². The summed E-state index contributed by atoms with van der Waals surface area (Å²) in [5.74, 6) is 1.82. The molecule has 10 rings (SSSR count). The van der Waals surface area contributed by atoms with Crippen molar-refractivity contribution in [2.75, 3.05) is 5.73 Å². The van der Waals surface area contributed by atoms with Gasteiger partial charge in [0.2, 0.25) is 0 Å². The van der Waals surface area contributed by atoms with Crippen LogP contribution in [-0.2, 0) is 5.41 Å². The van der Waals surface area contributed by atoms with E-state index in [1.54, 1.807) is 0 Å². The molecule has 0 radical (unpaired) electrons. The molecule has 5 nitrogen and oxygen atoms in total. The molecule has 0 bridgehead atoms. The molecular formula is C55H43N5. The van der Waals surface area contributed by atoms with Crippen LogP contribution in [0.3, 0.4) is 0 Å². The van der Waals surface area contributed by atoms with Crippen LogP contribution in [0, 0.1) is 0 Å². The lowest BCUT2D eigenvalue weighted by molar-refractivity contribution is 0.591. The van der Waals surface area contributed by atoms with Crippen LogP contribution in [0.1, 0.15) is 26.3 Å². The molecule has 0 aliphatic rings. The second kappa shape index (κ2) is 14.9. The number of nitrogen functional groups attached to an aromatic ring is 1. The summed E-state index contributed by atoms with van der Waals surface area (Å²) in [4.78, 5) is 15.6. The topological polar surface area (TPSA) is 69.6 Å². The van der Waals surface area contributed by atoms with Crippen LogP contribution < -0.4 is 5.73 Å². The molecule has 5 heteroatoms. The van der Waals surface area contributed by atoms with Gasteiger partial charge in [0.25, 0.3) is 0 Å². The summed E-state index contributed by atoms with van der Waals surface area (Å²) in [5.41, 5.74) is 21.1. The first-order valence-corrected chi connectivity index (χ1v) is 20.4. The van der Waals surface area contributed by atoms with Crippen molar-refractivity contribution in [1.29, 1.82) is 0 Å². The third kappa shape index (κ3) is 6.80. The molecule has 0 spiro atoms. The number of anilines is 1. The predicted molar refractivity (Wildman–Crippen MR) is 250 cm³/mol. The van der Waals surface area contributed by atoms with Crippen molar-refractivity contribution in [1.82, 2.24) is 19.5 Å². The van der Waals surface area contributed by atoms with Gasteiger partial charge in [-0.3, -0.25) is 0 Å². The maximum absolute atomic E-state index is 6.53. The summed E-state index contributed by atoms with van der Waals surface area (Å²) < 4.78 is 2.42. The van der Waals surface area contributed by atoms with Gasteiger partial charge in [-0.05, 0) is 75.7 Å². The number of hydrogen-bond acceptors (Lipinski definition) is 4. The molecule has 0 amide bonds. The summed E-state index contributed by atoms with van der Waals surface area (Å²) in [5, 5.41) is 2.28. The van der Waals surface area contributed by atoms with Crippen molar-refractivity contribution in [3.8, 4) is 73.2 Å². The van der Waals surface area contributed by atoms with Gasteiger partial charge in [0, 0.05) is 44.3 Å². The number of nitrogens with two attached hydrogens (primary N) is 1. The molecular weight excluding hydrogens is 731 g/mol. The highest BCUT2D eigenvalue weighted by Crippen LogP contribution is 2.44. The molecule has 0 aliphatic carbocycles. The van der Waals surface area contributed by atoms with E-state index in [2.05, 4.69) is 189 Å². The van der Waals surface area contributed by atoms with Crippen molar-refractivity contribution in [3.05, 3.63) is 200 Å². The zero-order valence-electron chi connectivity index (χ0n) is 33.8. The molecule has 0 aliphatic heterocycles. The fourth-order valence-corrected chi connectivity index (χ4v) is 8.22. The summed E-state index contributed by atoms with van der Waals surface area (Å²) >= 11 is 0. The molecule has 288 valence electrons. The number of fused-ring (bicyclic) bond motifs is 3. The zero-order chi connectivity index (χ0) is 40.8. The van der Waals surface area contributed by atoms with Crippen molar-refractivity contribution in [2.45, 2.75) is 26.2 Å². The highest BCUT2D eigenvalue weighted by molar-refractivity contribution is 6.12. The molecule has 0 fully saturated rings. The normalized spacial score (nSPS) is 11.7. The Morgan fingerprint density at radius 3 is 1.30 bits per heavy atom. The first-order chi connectivity index (χ1) is 29.3. The molecule has 2 aromatic heterocycles. The molecule has 8 aromatic carbocycles. The fourth-order valence-electron chi connectivity index (χ4n) is 8.22. The van der Waals surface area contributed by atoms with Crippen molar-refractivity contribution in [3.63, 3.8) is 0 Å². The fraction of sp³-hybridized carbons (Fsp3) is 0.0727. The van der Waals surface area contributed by atoms with Crippen LogP contribution in [0.2, 0.25) is 0 Å². The Hall–Kier alpha value is -7.63. The van der Waals surface area contributed by atoms with E-state index in [9.17, 15) is 0 Å². The molecule has 2 N–H and O–H groups in total. The Kier molecular flexibility index (Phi) is 9.14. The molecule has 2 heterocycles. The Morgan fingerprint density at radius 2 is 0.783 bits per heavy atom. The molecule has 0 saturated carbocycles. The molecule has 0 saturated heterocycles. The predicted octanol–water partition coefficient (Wildman–Crippen LogP) is 13.9. The largest absolute Gasteiger partial charge is 0.399 e. The highest BCUT2D eigenvalue weighted by atomic mass is 15.0. The van der Waals surface area contributed by atoms with Gasteiger partial charge < -0.3 is 10.3 Å². The first-order valence-electron chi connectivity index (χ1n) is 20.4. The van der Waals surface area contributed by atoms with E-state index in [0.717, 1.165) is 77.9 Å². The monoisotopic (exact) mass is 773 g/mol. The van der Waals surface area contributed by atoms with Gasteiger partial charge in [-0.15, -0.1) is 0 Å². The molecule has 60 heavy (non-hydrogen) atoms. The first kappa shape index (κ1) is 36.7. The Labute approximate surface area is 350 Å². The maximum Gasteiger partial charge on any atom is 0.164 e. The van der Waals surface area contributed by atoms with Crippen molar-refractivity contribution in [2.24, 2.45) is 0 Å². The molecule has 10 aromatic rings. The summed E-state index contributed by atoms with van der Waals surface area (Å²) in [6.07, 6.45) is 0. The van der Waals surface area contributed by atoms with Gasteiger partial charge in [-0.25, -0.2) is 15.0 Å². The number of hydrogen-bond donors (Lipinski definition) is 1. The van der Waals surface area contributed by atoms with Gasteiger partial charge in [0.15, 0.2) is 17.5 Å².